The summed E-state index contributed by atoms with van der Waals surface area (Å²) in [7, 11) is 0. The van der Waals surface area contributed by atoms with Gasteiger partial charge in [-0.05, 0) is 12.8 Å². The van der Waals surface area contributed by atoms with Crippen LogP contribution in [0.15, 0.2) is 0 Å². The van der Waals surface area contributed by atoms with E-state index in [-0.39, 0.29) is 29.6 Å². The van der Waals surface area contributed by atoms with Gasteiger partial charge < -0.3 is 19.3 Å². The third-order valence-corrected chi connectivity index (χ3v) is 5.47. The number of unbranched alkanes of at least 4 members (excludes halogenated alkanes) is 1. The molecule has 0 aromatic carbocycles. The second kappa shape index (κ2) is 3.51. The molecule has 19 heavy (non-hydrogen) atoms. The van der Waals surface area contributed by atoms with Gasteiger partial charge in [0.1, 0.15) is 0 Å². The lowest BCUT2D eigenvalue weighted by molar-refractivity contribution is -0.324. The second-order valence-electron chi connectivity index (χ2n) is 6.52. The molecule has 0 amide bonds. The van der Waals surface area contributed by atoms with Crippen LogP contribution in [0.1, 0.15) is 39.5 Å². The number of carbonyl (C=O) groups is 1. The molecule has 4 rings (SSSR count). The quantitative estimate of drug-likeness (QED) is 0.784. The predicted octanol–water partition coefficient (Wildman–Crippen LogP) is 1.39. The van der Waals surface area contributed by atoms with Crippen molar-refractivity contribution in [3.8, 4) is 0 Å². The fourth-order valence-electron chi connectivity index (χ4n) is 4.87. The van der Waals surface area contributed by atoms with Crippen LogP contribution in [0.4, 0.5) is 0 Å². The SMILES string of the molecule is CCCC[C@]12O[C@@H](O)[C@@H]3C[C@@H]4C(=O)O[C@](C)(O1)[C@H]4[C@@H]32. The van der Waals surface area contributed by atoms with Gasteiger partial charge in [-0.2, -0.15) is 0 Å². The van der Waals surface area contributed by atoms with Crippen molar-refractivity contribution >= 4 is 5.97 Å². The van der Waals surface area contributed by atoms with Crippen LogP contribution in [0.3, 0.4) is 0 Å². The summed E-state index contributed by atoms with van der Waals surface area (Å²) >= 11 is 0. The van der Waals surface area contributed by atoms with Crippen molar-refractivity contribution in [2.45, 2.75) is 57.4 Å². The molecule has 0 aromatic rings. The Hall–Kier alpha value is -0.650. The minimum Gasteiger partial charge on any atom is -0.433 e. The third-order valence-electron chi connectivity index (χ3n) is 5.47. The van der Waals surface area contributed by atoms with E-state index in [4.69, 9.17) is 14.2 Å². The van der Waals surface area contributed by atoms with Gasteiger partial charge in [-0.25, -0.2) is 0 Å². The fraction of sp³-hybridized carbons (Fsp3) is 0.929. The lowest BCUT2D eigenvalue weighted by Gasteiger charge is -2.31. The van der Waals surface area contributed by atoms with Crippen LogP contribution in [-0.4, -0.2) is 28.9 Å². The van der Waals surface area contributed by atoms with Crippen LogP contribution < -0.4 is 0 Å². The molecular formula is C14H20O5. The normalized spacial score (nSPS) is 57.6. The summed E-state index contributed by atoms with van der Waals surface area (Å²) in [5.74, 6) is -1.74. The van der Waals surface area contributed by atoms with Gasteiger partial charge >= 0.3 is 5.97 Å². The van der Waals surface area contributed by atoms with E-state index in [0.29, 0.717) is 6.42 Å². The zero-order chi connectivity index (χ0) is 13.4. The van der Waals surface area contributed by atoms with E-state index in [1.165, 1.54) is 0 Å². The van der Waals surface area contributed by atoms with Crippen LogP contribution in [0, 0.1) is 23.7 Å². The van der Waals surface area contributed by atoms with E-state index < -0.39 is 17.9 Å². The van der Waals surface area contributed by atoms with E-state index in [9.17, 15) is 9.90 Å². The van der Waals surface area contributed by atoms with E-state index in [2.05, 4.69) is 6.92 Å². The highest BCUT2D eigenvalue weighted by molar-refractivity contribution is 5.76. The van der Waals surface area contributed by atoms with Gasteiger partial charge in [0, 0.05) is 31.1 Å². The largest absolute Gasteiger partial charge is 0.433 e. The monoisotopic (exact) mass is 268 g/mol. The molecule has 3 aliphatic heterocycles. The molecule has 1 N–H and O–H groups in total. The molecule has 5 heteroatoms. The van der Waals surface area contributed by atoms with Crippen molar-refractivity contribution in [3.63, 3.8) is 0 Å². The van der Waals surface area contributed by atoms with Crippen LogP contribution in [-0.2, 0) is 19.0 Å². The van der Waals surface area contributed by atoms with Crippen molar-refractivity contribution < 1.29 is 24.1 Å². The fourth-order valence-corrected chi connectivity index (χ4v) is 4.87. The first kappa shape index (κ1) is 12.1. The molecule has 7 atom stereocenters. The summed E-state index contributed by atoms with van der Waals surface area (Å²) in [4.78, 5) is 11.9. The number of esters is 1. The Morgan fingerprint density at radius 2 is 2.21 bits per heavy atom. The number of hydrogen-bond donors (Lipinski definition) is 1. The van der Waals surface area contributed by atoms with E-state index in [0.717, 1.165) is 19.3 Å². The molecule has 1 saturated carbocycles. The maximum atomic E-state index is 11.9. The summed E-state index contributed by atoms with van der Waals surface area (Å²) < 4.78 is 17.4. The van der Waals surface area contributed by atoms with Crippen molar-refractivity contribution in [2.75, 3.05) is 0 Å². The minimum absolute atomic E-state index is 0.0153. The highest BCUT2D eigenvalue weighted by atomic mass is 16.8. The first-order valence-electron chi connectivity index (χ1n) is 7.30. The summed E-state index contributed by atoms with van der Waals surface area (Å²) in [6.07, 6.45) is 2.66. The maximum Gasteiger partial charge on any atom is 0.312 e. The molecule has 0 bridgehead atoms. The smallest absolute Gasteiger partial charge is 0.312 e. The van der Waals surface area contributed by atoms with Crippen LogP contribution in [0.5, 0.6) is 0 Å². The van der Waals surface area contributed by atoms with Crippen molar-refractivity contribution in [2.24, 2.45) is 23.7 Å². The molecule has 3 saturated heterocycles. The Morgan fingerprint density at radius 1 is 1.42 bits per heavy atom. The summed E-state index contributed by atoms with van der Waals surface area (Å²) in [5, 5.41) is 10.1. The van der Waals surface area contributed by atoms with E-state index >= 15 is 0 Å². The summed E-state index contributed by atoms with van der Waals surface area (Å²) in [6.45, 7) is 3.97. The number of aliphatic hydroxyl groups excluding tert-OH is 1. The van der Waals surface area contributed by atoms with Gasteiger partial charge in [0.2, 0.25) is 5.79 Å². The Morgan fingerprint density at radius 3 is 2.95 bits per heavy atom. The lowest BCUT2D eigenvalue weighted by atomic mass is 9.81. The molecule has 106 valence electrons. The summed E-state index contributed by atoms with van der Waals surface area (Å²) in [5.41, 5.74) is 0. The minimum atomic E-state index is -0.852. The van der Waals surface area contributed by atoms with Crippen molar-refractivity contribution in [1.82, 2.24) is 0 Å². The van der Waals surface area contributed by atoms with Crippen LogP contribution in [0.2, 0.25) is 0 Å². The lowest BCUT2D eigenvalue weighted by Crippen LogP contribution is -2.38. The average molecular weight is 268 g/mol. The van der Waals surface area contributed by atoms with E-state index in [1.54, 1.807) is 0 Å². The molecule has 3 heterocycles. The topological polar surface area (TPSA) is 65.0 Å². The molecule has 4 aliphatic rings. The summed E-state index contributed by atoms with van der Waals surface area (Å²) in [6, 6.07) is 0. The molecule has 5 nitrogen and oxygen atoms in total. The first-order valence-corrected chi connectivity index (χ1v) is 7.30. The molecule has 0 spiro atoms. The Labute approximate surface area is 112 Å². The predicted molar refractivity (Wildman–Crippen MR) is 63.5 cm³/mol. The van der Waals surface area contributed by atoms with Gasteiger partial charge in [-0.15, -0.1) is 0 Å². The number of aliphatic hydroxyl groups is 1. The molecule has 0 radical (unpaired) electrons. The molecule has 0 aromatic heterocycles. The zero-order valence-electron chi connectivity index (χ0n) is 11.3. The average Bonchev–Trinajstić information content (AvgIpc) is 2.97. The van der Waals surface area contributed by atoms with Crippen molar-refractivity contribution in [1.29, 1.82) is 0 Å². The highest BCUT2D eigenvalue weighted by Crippen LogP contribution is 2.68. The Balaban J connectivity index is 1.74. The van der Waals surface area contributed by atoms with Crippen molar-refractivity contribution in [3.05, 3.63) is 0 Å². The number of rotatable bonds is 3. The third kappa shape index (κ3) is 1.29. The Kier molecular flexibility index (Phi) is 2.24. The molecule has 0 unspecified atom stereocenters. The van der Waals surface area contributed by atoms with Gasteiger partial charge in [-0.3, -0.25) is 4.79 Å². The maximum absolute atomic E-state index is 11.9. The number of hydrogen-bond acceptors (Lipinski definition) is 5. The molecule has 1 aliphatic carbocycles. The number of carbonyl (C=O) groups excluding carboxylic acids is 1. The second-order valence-corrected chi connectivity index (χ2v) is 6.52. The number of ether oxygens (including phenoxy) is 3. The standard InChI is InChI=1S/C14H20O5/c1-3-4-5-14-10-8(12(16)18-14)6-7-9(10)13(2,19-14)17-11(7)15/h7-10,12,16H,3-6H2,1-2H3/t7-,8+,9+,10+,12+,13+,14-/m0/s1. The Bertz CT molecular complexity index is 438. The first-order chi connectivity index (χ1) is 9.01. The van der Waals surface area contributed by atoms with Gasteiger partial charge in [0.15, 0.2) is 12.1 Å². The van der Waals surface area contributed by atoms with Crippen LogP contribution in [0.25, 0.3) is 0 Å². The van der Waals surface area contributed by atoms with Crippen LogP contribution >= 0.6 is 0 Å². The van der Waals surface area contributed by atoms with E-state index in [1.807, 2.05) is 6.92 Å². The van der Waals surface area contributed by atoms with Gasteiger partial charge in [0.05, 0.1) is 5.92 Å². The van der Waals surface area contributed by atoms with Gasteiger partial charge in [-0.1, -0.05) is 13.3 Å². The highest BCUT2D eigenvalue weighted by Gasteiger charge is 2.78. The van der Waals surface area contributed by atoms with Gasteiger partial charge in [0.25, 0.3) is 0 Å². The molecule has 4 fully saturated rings. The molecular weight excluding hydrogens is 248 g/mol. The zero-order valence-corrected chi connectivity index (χ0v) is 11.3.